The van der Waals surface area contributed by atoms with Gasteiger partial charge in [0.05, 0.1) is 43.2 Å². The number of aromatic nitrogens is 2. The van der Waals surface area contributed by atoms with Gasteiger partial charge in [0.2, 0.25) is 5.91 Å². The summed E-state index contributed by atoms with van der Waals surface area (Å²) in [5.41, 5.74) is 0.108. The molecule has 9 nitrogen and oxygen atoms in total. The summed E-state index contributed by atoms with van der Waals surface area (Å²) in [5.74, 6) is 0.524. The van der Waals surface area contributed by atoms with E-state index in [4.69, 9.17) is 25.8 Å². The van der Waals surface area contributed by atoms with Gasteiger partial charge in [0.15, 0.2) is 0 Å². The number of fused-ring (bicyclic) bond motifs is 3. The number of hydrogen-bond donors (Lipinski definition) is 1. The zero-order valence-corrected chi connectivity index (χ0v) is 22.9. The van der Waals surface area contributed by atoms with E-state index in [1.165, 1.54) is 30.1 Å². The van der Waals surface area contributed by atoms with E-state index in [1.807, 2.05) is 13.8 Å². The van der Waals surface area contributed by atoms with E-state index < -0.39 is 22.8 Å². The standard InChI is InChI=1S/C27H26ClN3O6S/c1-27(2)12-18-21(14-37-27)38-25-23(18)24(33)31(16-7-5-15(28)6-8-16)26(34)30(25)13-22(32)29-19-10-9-17(35-3)11-20(19)36-4/h5-11H,12-14H2,1-4H3,(H,29,32). The average molecular weight is 556 g/mol. The van der Waals surface area contributed by atoms with Crippen molar-refractivity contribution in [3.8, 4) is 17.2 Å². The Morgan fingerprint density at radius 3 is 2.55 bits per heavy atom. The predicted octanol–water partition coefficient (Wildman–Crippen LogP) is 4.37. The molecule has 3 heterocycles. The van der Waals surface area contributed by atoms with Crippen LogP contribution in [0.1, 0.15) is 24.3 Å². The van der Waals surface area contributed by atoms with Gasteiger partial charge >= 0.3 is 5.69 Å². The number of rotatable bonds is 6. The molecule has 5 rings (SSSR count). The van der Waals surface area contributed by atoms with Crippen molar-refractivity contribution < 1.29 is 19.0 Å². The first kappa shape index (κ1) is 26.0. The summed E-state index contributed by atoms with van der Waals surface area (Å²) >= 11 is 7.35. The van der Waals surface area contributed by atoms with Gasteiger partial charge in [-0.25, -0.2) is 9.36 Å². The number of benzene rings is 2. The van der Waals surface area contributed by atoms with Crippen molar-refractivity contribution >= 4 is 44.7 Å². The molecule has 38 heavy (non-hydrogen) atoms. The molecule has 1 amide bonds. The lowest BCUT2D eigenvalue weighted by Crippen LogP contribution is -2.41. The third-order valence-corrected chi connectivity index (χ3v) is 7.90. The number of ether oxygens (including phenoxy) is 3. The molecule has 11 heteroatoms. The van der Waals surface area contributed by atoms with Crippen LogP contribution in [-0.4, -0.2) is 34.9 Å². The van der Waals surface area contributed by atoms with Crippen molar-refractivity contribution in [1.29, 1.82) is 0 Å². The SMILES string of the molecule is COc1ccc(NC(=O)Cn2c(=O)n(-c3ccc(Cl)cc3)c(=O)c3c4c(sc32)COC(C)(C)C4)c(OC)c1. The van der Waals surface area contributed by atoms with E-state index in [1.54, 1.807) is 42.5 Å². The van der Waals surface area contributed by atoms with E-state index in [9.17, 15) is 14.4 Å². The molecule has 2 aromatic heterocycles. The molecular formula is C27H26ClN3O6S. The van der Waals surface area contributed by atoms with Crippen LogP contribution in [0.4, 0.5) is 5.69 Å². The zero-order valence-electron chi connectivity index (χ0n) is 21.3. The van der Waals surface area contributed by atoms with Gasteiger partial charge in [0, 0.05) is 22.4 Å². The fourth-order valence-electron chi connectivity index (χ4n) is 4.55. The number of nitrogens with one attached hydrogen (secondary N) is 1. The Morgan fingerprint density at radius 2 is 1.87 bits per heavy atom. The minimum atomic E-state index is -0.625. The third-order valence-electron chi connectivity index (χ3n) is 6.42. The Labute approximate surface area is 227 Å². The lowest BCUT2D eigenvalue weighted by Gasteiger charge is -2.29. The summed E-state index contributed by atoms with van der Waals surface area (Å²) in [7, 11) is 3.02. The molecule has 4 aromatic rings. The third kappa shape index (κ3) is 4.70. The summed E-state index contributed by atoms with van der Waals surface area (Å²) in [6.07, 6.45) is 0.506. The number of carbonyl (C=O) groups excluding carboxylic acids is 1. The van der Waals surface area contributed by atoms with Gasteiger partial charge in [-0.3, -0.25) is 14.2 Å². The van der Waals surface area contributed by atoms with Crippen molar-refractivity contribution in [2.24, 2.45) is 0 Å². The van der Waals surface area contributed by atoms with Gasteiger partial charge in [-0.2, -0.15) is 0 Å². The van der Waals surface area contributed by atoms with Crippen LogP contribution >= 0.6 is 22.9 Å². The molecule has 1 aliphatic heterocycles. The first-order valence-electron chi connectivity index (χ1n) is 11.8. The zero-order chi connectivity index (χ0) is 27.2. The molecule has 0 fully saturated rings. The molecule has 0 spiro atoms. The second-order valence-electron chi connectivity index (χ2n) is 9.51. The molecule has 0 atom stereocenters. The normalized spacial score (nSPS) is 14.2. The van der Waals surface area contributed by atoms with Gasteiger partial charge < -0.3 is 19.5 Å². The molecule has 0 unspecified atom stereocenters. The Kier molecular flexibility index (Phi) is 6.81. The maximum absolute atomic E-state index is 13.8. The molecule has 0 saturated heterocycles. The van der Waals surface area contributed by atoms with Crippen LogP contribution in [-0.2, 0) is 29.1 Å². The number of methoxy groups -OCH3 is 2. The maximum atomic E-state index is 13.8. The number of carbonyl (C=O) groups is 1. The summed E-state index contributed by atoms with van der Waals surface area (Å²) in [5, 5.41) is 3.70. The summed E-state index contributed by atoms with van der Waals surface area (Å²) in [6.45, 7) is 3.93. The number of halogens is 1. The first-order chi connectivity index (χ1) is 18.1. The highest BCUT2D eigenvalue weighted by atomic mass is 35.5. The predicted molar refractivity (Wildman–Crippen MR) is 147 cm³/mol. The fraction of sp³-hybridized carbons (Fsp3) is 0.296. The van der Waals surface area contributed by atoms with Gasteiger partial charge in [-0.1, -0.05) is 11.6 Å². The smallest absolute Gasteiger partial charge is 0.337 e. The van der Waals surface area contributed by atoms with Crippen molar-refractivity contribution in [2.75, 3.05) is 19.5 Å². The Bertz CT molecular complexity index is 1670. The topological polar surface area (TPSA) is 101 Å². The molecule has 0 saturated carbocycles. The molecule has 0 aliphatic carbocycles. The largest absolute Gasteiger partial charge is 0.497 e. The molecule has 1 aliphatic rings. The van der Waals surface area contributed by atoms with E-state index in [0.717, 1.165) is 15.0 Å². The minimum Gasteiger partial charge on any atom is -0.497 e. The van der Waals surface area contributed by atoms with E-state index in [0.29, 0.717) is 51.1 Å². The van der Waals surface area contributed by atoms with Gasteiger partial charge in [0.1, 0.15) is 22.9 Å². The van der Waals surface area contributed by atoms with Crippen LogP contribution < -0.4 is 26.0 Å². The number of nitrogens with zero attached hydrogens (tertiary/aromatic N) is 2. The van der Waals surface area contributed by atoms with Crippen molar-refractivity contribution in [1.82, 2.24) is 9.13 Å². The van der Waals surface area contributed by atoms with E-state index in [2.05, 4.69) is 5.32 Å². The minimum absolute atomic E-state index is 0.317. The molecule has 0 bridgehead atoms. The first-order valence-corrected chi connectivity index (χ1v) is 13.0. The van der Waals surface area contributed by atoms with Crippen LogP contribution in [0, 0.1) is 0 Å². The van der Waals surface area contributed by atoms with Crippen LogP contribution in [0.25, 0.3) is 15.9 Å². The number of thiophene rings is 1. The second kappa shape index (κ2) is 9.94. The molecule has 198 valence electrons. The van der Waals surface area contributed by atoms with Crippen molar-refractivity contribution in [3.63, 3.8) is 0 Å². The highest BCUT2D eigenvalue weighted by Crippen LogP contribution is 2.37. The van der Waals surface area contributed by atoms with Gasteiger partial charge in [0.25, 0.3) is 5.56 Å². The average Bonchev–Trinajstić information content (AvgIpc) is 3.25. The Balaban J connectivity index is 1.65. The maximum Gasteiger partial charge on any atom is 0.337 e. The highest BCUT2D eigenvalue weighted by Gasteiger charge is 2.32. The summed E-state index contributed by atoms with van der Waals surface area (Å²) in [6, 6.07) is 11.4. The molecule has 0 radical (unpaired) electrons. The number of hydrogen-bond acceptors (Lipinski definition) is 7. The van der Waals surface area contributed by atoms with E-state index >= 15 is 0 Å². The second-order valence-corrected chi connectivity index (χ2v) is 11.0. The fourth-order valence-corrected chi connectivity index (χ4v) is 5.89. The van der Waals surface area contributed by atoms with Crippen LogP contribution in [0.15, 0.2) is 52.1 Å². The molecular weight excluding hydrogens is 530 g/mol. The quantitative estimate of drug-likeness (QED) is 0.379. The Hall–Kier alpha value is -3.60. The van der Waals surface area contributed by atoms with Crippen molar-refractivity contribution in [3.05, 3.63) is 78.8 Å². The van der Waals surface area contributed by atoms with Crippen LogP contribution in [0.3, 0.4) is 0 Å². The van der Waals surface area contributed by atoms with Crippen molar-refractivity contribution in [2.45, 2.75) is 39.0 Å². The van der Waals surface area contributed by atoms with Gasteiger partial charge in [-0.15, -0.1) is 11.3 Å². The van der Waals surface area contributed by atoms with Gasteiger partial charge in [-0.05, 0) is 55.8 Å². The number of anilines is 1. The monoisotopic (exact) mass is 555 g/mol. The van der Waals surface area contributed by atoms with Crippen LogP contribution in [0.5, 0.6) is 11.5 Å². The Morgan fingerprint density at radius 1 is 1.13 bits per heavy atom. The lowest BCUT2D eigenvalue weighted by atomic mass is 9.94. The summed E-state index contributed by atoms with van der Waals surface area (Å²) < 4.78 is 19.0. The number of amides is 1. The van der Waals surface area contributed by atoms with E-state index in [-0.39, 0.29) is 6.54 Å². The lowest BCUT2D eigenvalue weighted by molar-refractivity contribution is -0.116. The molecule has 2 aromatic carbocycles. The molecule has 1 N–H and O–H groups in total. The summed E-state index contributed by atoms with van der Waals surface area (Å²) in [4.78, 5) is 42.1. The highest BCUT2D eigenvalue weighted by molar-refractivity contribution is 7.18. The van der Waals surface area contributed by atoms with Crippen LogP contribution in [0.2, 0.25) is 5.02 Å².